The maximum Gasteiger partial charge on any atom is 0.220 e. The molecule has 1 fully saturated rings. The summed E-state index contributed by atoms with van der Waals surface area (Å²) in [7, 11) is 0. The van der Waals surface area contributed by atoms with Gasteiger partial charge in [0.25, 0.3) is 0 Å². The van der Waals surface area contributed by atoms with Crippen LogP contribution in [-0.2, 0) is 4.79 Å². The van der Waals surface area contributed by atoms with Crippen LogP contribution in [0.4, 0.5) is 0 Å². The second kappa shape index (κ2) is 10.4. The van der Waals surface area contributed by atoms with Gasteiger partial charge < -0.3 is 15.4 Å². The average molecular weight is 377 g/mol. The van der Waals surface area contributed by atoms with Gasteiger partial charge in [0.05, 0.1) is 6.54 Å². The molecule has 26 heavy (non-hydrogen) atoms. The summed E-state index contributed by atoms with van der Waals surface area (Å²) in [6, 6.07) is 14.2. The SMILES string of the molecule is CC(CC(=O)NCCOc1cccc2ccccc12)C1CCCNC1.Cl. The molecule has 1 amide bonds. The molecule has 1 heterocycles. The molecule has 0 saturated carbocycles. The molecule has 2 N–H and O–H groups in total. The predicted molar refractivity (Wildman–Crippen MR) is 109 cm³/mol. The molecule has 1 aliphatic heterocycles. The zero-order chi connectivity index (χ0) is 17.5. The number of carbonyl (C=O) groups is 1. The molecule has 0 aliphatic carbocycles. The molecular weight excluding hydrogens is 348 g/mol. The number of hydrogen-bond acceptors (Lipinski definition) is 3. The van der Waals surface area contributed by atoms with E-state index in [0.717, 1.165) is 24.2 Å². The van der Waals surface area contributed by atoms with Gasteiger partial charge in [0, 0.05) is 11.8 Å². The number of benzene rings is 2. The Labute approximate surface area is 162 Å². The second-order valence-electron chi connectivity index (χ2n) is 6.96. The van der Waals surface area contributed by atoms with Gasteiger partial charge in [-0.2, -0.15) is 0 Å². The normalized spacial score (nSPS) is 18.0. The number of halogens is 1. The van der Waals surface area contributed by atoms with Crippen LogP contribution < -0.4 is 15.4 Å². The van der Waals surface area contributed by atoms with Gasteiger partial charge in [0.15, 0.2) is 0 Å². The van der Waals surface area contributed by atoms with E-state index in [1.54, 1.807) is 0 Å². The van der Waals surface area contributed by atoms with E-state index in [0.29, 0.717) is 31.4 Å². The molecule has 3 rings (SSSR count). The van der Waals surface area contributed by atoms with Crippen molar-refractivity contribution in [2.45, 2.75) is 26.2 Å². The molecule has 2 unspecified atom stereocenters. The highest BCUT2D eigenvalue weighted by atomic mass is 35.5. The average Bonchev–Trinajstić information content (AvgIpc) is 2.66. The molecular formula is C21H29ClN2O2. The highest BCUT2D eigenvalue weighted by Crippen LogP contribution is 2.25. The monoisotopic (exact) mass is 376 g/mol. The lowest BCUT2D eigenvalue weighted by molar-refractivity contribution is -0.122. The number of rotatable bonds is 7. The van der Waals surface area contributed by atoms with Crippen molar-refractivity contribution in [1.82, 2.24) is 10.6 Å². The van der Waals surface area contributed by atoms with E-state index in [1.807, 2.05) is 24.3 Å². The molecule has 5 heteroatoms. The van der Waals surface area contributed by atoms with Gasteiger partial charge in [0.1, 0.15) is 12.4 Å². The van der Waals surface area contributed by atoms with Crippen LogP contribution in [0.3, 0.4) is 0 Å². The van der Waals surface area contributed by atoms with E-state index in [9.17, 15) is 4.79 Å². The number of ether oxygens (including phenoxy) is 1. The standard InChI is InChI=1S/C21H28N2O2.ClH/c1-16(18-8-5-11-22-15-18)14-21(24)23-12-13-25-20-10-4-7-17-6-2-3-9-19(17)20;/h2-4,6-7,9-10,16,18,22H,5,8,11-15H2,1H3,(H,23,24);1H. The van der Waals surface area contributed by atoms with Crippen molar-refractivity contribution >= 4 is 29.1 Å². The summed E-state index contributed by atoms with van der Waals surface area (Å²) in [6.45, 7) is 5.36. The van der Waals surface area contributed by atoms with Crippen LogP contribution in [-0.4, -0.2) is 32.1 Å². The van der Waals surface area contributed by atoms with Crippen LogP contribution in [0.1, 0.15) is 26.2 Å². The van der Waals surface area contributed by atoms with E-state index in [1.165, 1.54) is 18.2 Å². The Hall–Kier alpha value is -1.78. The lowest BCUT2D eigenvalue weighted by Gasteiger charge is -2.28. The Balaban J connectivity index is 0.00000243. The Bertz CT molecular complexity index is 696. The number of amides is 1. The summed E-state index contributed by atoms with van der Waals surface area (Å²) >= 11 is 0. The number of piperidine rings is 1. The van der Waals surface area contributed by atoms with Gasteiger partial charge in [-0.3, -0.25) is 4.79 Å². The molecule has 142 valence electrons. The third-order valence-corrected chi connectivity index (χ3v) is 5.08. The molecule has 4 nitrogen and oxygen atoms in total. The van der Waals surface area contributed by atoms with Crippen LogP contribution in [0.25, 0.3) is 10.8 Å². The third-order valence-electron chi connectivity index (χ3n) is 5.08. The lowest BCUT2D eigenvalue weighted by atomic mass is 9.85. The minimum atomic E-state index is 0. The van der Waals surface area contributed by atoms with Crippen molar-refractivity contribution in [1.29, 1.82) is 0 Å². The van der Waals surface area contributed by atoms with Crippen LogP contribution in [0.5, 0.6) is 5.75 Å². The van der Waals surface area contributed by atoms with Crippen molar-refractivity contribution < 1.29 is 9.53 Å². The molecule has 1 saturated heterocycles. The van der Waals surface area contributed by atoms with Crippen molar-refractivity contribution in [3.63, 3.8) is 0 Å². The second-order valence-corrected chi connectivity index (χ2v) is 6.96. The molecule has 0 spiro atoms. The van der Waals surface area contributed by atoms with Crippen molar-refractivity contribution in [2.24, 2.45) is 11.8 Å². The van der Waals surface area contributed by atoms with E-state index in [4.69, 9.17) is 4.74 Å². The first-order valence-electron chi connectivity index (χ1n) is 9.32. The maximum absolute atomic E-state index is 12.1. The zero-order valence-electron chi connectivity index (χ0n) is 15.4. The number of fused-ring (bicyclic) bond motifs is 1. The Morgan fingerprint density at radius 3 is 2.88 bits per heavy atom. The molecule has 2 atom stereocenters. The number of carbonyl (C=O) groups excluding carboxylic acids is 1. The Kier molecular flexibility index (Phi) is 8.20. The maximum atomic E-state index is 12.1. The van der Waals surface area contributed by atoms with Gasteiger partial charge >= 0.3 is 0 Å². The van der Waals surface area contributed by atoms with E-state index in [-0.39, 0.29) is 18.3 Å². The molecule has 0 radical (unpaired) electrons. The van der Waals surface area contributed by atoms with E-state index >= 15 is 0 Å². The number of hydrogen-bond donors (Lipinski definition) is 2. The lowest BCUT2D eigenvalue weighted by Crippen LogP contribution is -2.36. The van der Waals surface area contributed by atoms with Crippen molar-refractivity contribution in [2.75, 3.05) is 26.2 Å². The fourth-order valence-corrected chi connectivity index (χ4v) is 3.57. The summed E-state index contributed by atoms with van der Waals surface area (Å²) in [5.41, 5.74) is 0. The molecule has 0 aromatic heterocycles. The fraction of sp³-hybridized carbons (Fsp3) is 0.476. The first-order chi connectivity index (χ1) is 12.2. The van der Waals surface area contributed by atoms with Crippen LogP contribution in [0.15, 0.2) is 42.5 Å². The van der Waals surface area contributed by atoms with Gasteiger partial charge in [0.2, 0.25) is 5.91 Å². The first-order valence-corrected chi connectivity index (χ1v) is 9.32. The first kappa shape index (κ1) is 20.5. The van der Waals surface area contributed by atoms with Gasteiger partial charge in [-0.05, 0) is 49.2 Å². The van der Waals surface area contributed by atoms with Gasteiger partial charge in [-0.25, -0.2) is 0 Å². The van der Waals surface area contributed by atoms with E-state index in [2.05, 4.69) is 35.8 Å². The number of nitrogens with one attached hydrogen (secondary N) is 2. The van der Waals surface area contributed by atoms with E-state index < -0.39 is 0 Å². The molecule has 2 aromatic carbocycles. The van der Waals surface area contributed by atoms with Crippen LogP contribution in [0, 0.1) is 11.8 Å². The predicted octanol–water partition coefficient (Wildman–Crippen LogP) is 3.78. The fourth-order valence-electron chi connectivity index (χ4n) is 3.57. The summed E-state index contributed by atoms with van der Waals surface area (Å²) in [5.74, 6) is 2.03. The molecule has 0 bridgehead atoms. The smallest absolute Gasteiger partial charge is 0.220 e. The highest BCUT2D eigenvalue weighted by Gasteiger charge is 2.21. The summed E-state index contributed by atoms with van der Waals surface area (Å²) < 4.78 is 5.87. The Morgan fingerprint density at radius 2 is 2.08 bits per heavy atom. The largest absolute Gasteiger partial charge is 0.491 e. The zero-order valence-corrected chi connectivity index (χ0v) is 16.2. The molecule has 1 aliphatic rings. The topological polar surface area (TPSA) is 50.4 Å². The van der Waals surface area contributed by atoms with Crippen molar-refractivity contribution in [3.05, 3.63) is 42.5 Å². The Morgan fingerprint density at radius 1 is 1.27 bits per heavy atom. The van der Waals surface area contributed by atoms with Gasteiger partial charge in [-0.1, -0.05) is 43.3 Å². The van der Waals surface area contributed by atoms with Crippen LogP contribution in [0.2, 0.25) is 0 Å². The van der Waals surface area contributed by atoms with Gasteiger partial charge in [-0.15, -0.1) is 12.4 Å². The minimum Gasteiger partial charge on any atom is -0.491 e. The summed E-state index contributed by atoms with van der Waals surface area (Å²) in [6.07, 6.45) is 3.04. The third kappa shape index (κ3) is 5.61. The summed E-state index contributed by atoms with van der Waals surface area (Å²) in [5, 5.41) is 8.68. The quantitative estimate of drug-likeness (QED) is 0.723. The van der Waals surface area contributed by atoms with Crippen molar-refractivity contribution in [3.8, 4) is 5.75 Å². The van der Waals surface area contributed by atoms with Crippen LogP contribution >= 0.6 is 12.4 Å². The summed E-state index contributed by atoms with van der Waals surface area (Å²) in [4.78, 5) is 12.1. The molecule has 2 aromatic rings. The minimum absolute atomic E-state index is 0. The highest BCUT2D eigenvalue weighted by molar-refractivity contribution is 5.88.